The van der Waals surface area contributed by atoms with E-state index in [-0.39, 0.29) is 5.91 Å². The Hall–Kier alpha value is -2.14. The maximum absolute atomic E-state index is 12.7. The van der Waals surface area contributed by atoms with Crippen LogP contribution >= 0.6 is 11.6 Å². The lowest BCUT2D eigenvalue weighted by atomic mass is 9.99. The minimum atomic E-state index is -0.0217. The minimum Gasteiger partial charge on any atom is -0.337 e. The fourth-order valence-electron chi connectivity index (χ4n) is 2.77. The molecule has 1 aliphatic rings. The molecule has 1 fully saturated rings. The van der Waals surface area contributed by atoms with E-state index in [1.807, 2.05) is 24.0 Å². The zero-order valence-electron chi connectivity index (χ0n) is 13.9. The second kappa shape index (κ2) is 7.18. The summed E-state index contributed by atoms with van der Waals surface area (Å²) in [7, 11) is 0. The van der Waals surface area contributed by atoms with Gasteiger partial charge < -0.3 is 10.2 Å². The Balaban J connectivity index is 1.78. The normalized spacial score (nSPS) is 15.4. The monoisotopic (exact) mass is 344 g/mol. The molecule has 2 heterocycles. The van der Waals surface area contributed by atoms with Crippen LogP contribution in [0.25, 0.3) is 0 Å². The molecule has 24 heavy (non-hydrogen) atoms. The molecular formula is C18H21ClN4O. The van der Waals surface area contributed by atoms with Gasteiger partial charge in [-0.05, 0) is 56.0 Å². The number of nitrogens with one attached hydrogen (secondary N) is 1. The average Bonchev–Trinajstić information content (AvgIpc) is 2.56. The second-order valence-corrected chi connectivity index (χ2v) is 6.76. The molecule has 1 aromatic carbocycles. The number of hydrogen-bond donors (Lipinski definition) is 1. The summed E-state index contributed by atoms with van der Waals surface area (Å²) in [5.41, 5.74) is 2.03. The summed E-state index contributed by atoms with van der Waals surface area (Å²) in [5.74, 6) is 1.08. The summed E-state index contributed by atoms with van der Waals surface area (Å²) < 4.78 is 0. The van der Waals surface area contributed by atoms with Crippen molar-refractivity contribution in [3.05, 3.63) is 46.7 Å². The molecule has 0 radical (unpaired) electrons. The number of anilines is 2. The molecule has 1 aliphatic heterocycles. The summed E-state index contributed by atoms with van der Waals surface area (Å²) in [5, 5.41) is 3.79. The van der Waals surface area contributed by atoms with Crippen LogP contribution in [-0.4, -0.2) is 33.9 Å². The van der Waals surface area contributed by atoms with Crippen molar-refractivity contribution >= 4 is 29.1 Å². The molecule has 1 N–H and O–H groups in total. The van der Waals surface area contributed by atoms with Crippen molar-refractivity contribution in [3.63, 3.8) is 0 Å². The smallest absolute Gasteiger partial charge is 0.272 e. The first-order valence-electron chi connectivity index (χ1n) is 8.19. The zero-order chi connectivity index (χ0) is 17.1. The Labute approximate surface area is 147 Å². The van der Waals surface area contributed by atoms with Crippen LogP contribution in [0.15, 0.2) is 30.3 Å². The van der Waals surface area contributed by atoms with Crippen molar-refractivity contribution < 1.29 is 4.79 Å². The quantitative estimate of drug-likeness (QED) is 0.912. The summed E-state index contributed by atoms with van der Waals surface area (Å²) >= 11 is 5.89. The van der Waals surface area contributed by atoms with Gasteiger partial charge in [0.1, 0.15) is 5.69 Å². The Kier molecular flexibility index (Phi) is 5.00. The molecule has 0 unspecified atom stereocenters. The van der Waals surface area contributed by atoms with Gasteiger partial charge in [-0.25, -0.2) is 9.97 Å². The van der Waals surface area contributed by atoms with E-state index in [0.717, 1.165) is 37.3 Å². The first-order chi connectivity index (χ1) is 11.5. The van der Waals surface area contributed by atoms with Gasteiger partial charge in [-0.1, -0.05) is 18.5 Å². The topological polar surface area (TPSA) is 58.1 Å². The van der Waals surface area contributed by atoms with Gasteiger partial charge >= 0.3 is 0 Å². The maximum Gasteiger partial charge on any atom is 0.272 e. The van der Waals surface area contributed by atoms with Crippen molar-refractivity contribution in [2.75, 3.05) is 18.4 Å². The molecule has 0 bridgehead atoms. The second-order valence-electron chi connectivity index (χ2n) is 6.32. The van der Waals surface area contributed by atoms with E-state index in [1.165, 1.54) is 0 Å². The lowest BCUT2D eigenvalue weighted by Gasteiger charge is -2.30. The van der Waals surface area contributed by atoms with E-state index in [9.17, 15) is 4.79 Å². The number of likely N-dealkylation sites (tertiary alicyclic amines) is 1. The number of nitrogens with zero attached hydrogens (tertiary/aromatic N) is 3. The van der Waals surface area contributed by atoms with Crippen molar-refractivity contribution in [2.24, 2.45) is 5.92 Å². The third kappa shape index (κ3) is 4.03. The number of rotatable bonds is 3. The van der Waals surface area contributed by atoms with Gasteiger partial charge in [0.2, 0.25) is 5.95 Å². The fourth-order valence-corrected chi connectivity index (χ4v) is 2.90. The molecule has 1 aromatic heterocycles. The minimum absolute atomic E-state index is 0.0217. The van der Waals surface area contributed by atoms with Gasteiger partial charge in [-0.3, -0.25) is 4.79 Å². The third-order valence-electron chi connectivity index (χ3n) is 4.24. The van der Waals surface area contributed by atoms with Crippen LogP contribution in [-0.2, 0) is 0 Å². The van der Waals surface area contributed by atoms with E-state index in [2.05, 4.69) is 22.2 Å². The van der Waals surface area contributed by atoms with E-state index in [4.69, 9.17) is 11.6 Å². The third-order valence-corrected chi connectivity index (χ3v) is 4.50. The van der Waals surface area contributed by atoms with Crippen LogP contribution in [0.2, 0.25) is 5.02 Å². The Morgan fingerprint density at radius 1 is 1.21 bits per heavy atom. The van der Waals surface area contributed by atoms with Gasteiger partial charge in [0, 0.05) is 29.5 Å². The molecule has 5 nitrogen and oxygen atoms in total. The summed E-state index contributed by atoms with van der Waals surface area (Å²) in [4.78, 5) is 23.3. The van der Waals surface area contributed by atoms with Crippen LogP contribution in [0.1, 0.15) is 35.9 Å². The van der Waals surface area contributed by atoms with Crippen LogP contribution < -0.4 is 5.32 Å². The number of halogens is 1. The van der Waals surface area contributed by atoms with E-state index >= 15 is 0 Å². The number of carbonyl (C=O) groups is 1. The molecule has 0 spiro atoms. The van der Waals surface area contributed by atoms with Crippen LogP contribution in [0.5, 0.6) is 0 Å². The lowest BCUT2D eigenvalue weighted by molar-refractivity contribution is 0.0691. The highest BCUT2D eigenvalue weighted by atomic mass is 35.5. The van der Waals surface area contributed by atoms with Crippen LogP contribution in [0, 0.1) is 12.8 Å². The SMILES string of the molecule is Cc1cc(C(=O)N2CCC(C)CC2)nc(Nc2ccc(Cl)cc2)n1. The molecule has 2 aromatic rings. The highest BCUT2D eigenvalue weighted by molar-refractivity contribution is 6.30. The molecule has 3 rings (SSSR count). The van der Waals surface area contributed by atoms with Gasteiger partial charge in [0.25, 0.3) is 5.91 Å². The Morgan fingerprint density at radius 3 is 2.54 bits per heavy atom. The van der Waals surface area contributed by atoms with Crippen molar-refractivity contribution in [3.8, 4) is 0 Å². The molecule has 6 heteroatoms. The highest BCUT2D eigenvalue weighted by Crippen LogP contribution is 2.20. The Bertz CT molecular complexity index is 724. The van der Waals surface area contributed by atoms with Gasteiger partial charge in [-0.2, -0.15) is 0 Å². The van der Waals surface area contributed by atoms with E-state index in [1.54, 1.807) is 18.2 Å². The maximum atomic E-state index is 12.7. The molecule has 1 saturated heterocycles. The number of carbonyl (C=O) groups excluding carboxylic acids is 1. The molecule has 0 aliphatic carbocycles. The number of aryl methyl sites for hydroxylation is 1. The number of piperidine rings is 1. The van der Waals surface area contributed by atoms with Gasteiger partial charge in [0.05, 0.1) is 0 Å². The summed E-state index contributed by atoms with van der Waals surface area (Å²) in [6, 6.07) is 9.03. The lowest BCUT2D eigenvalue weighted by Crippen LogP contribution is -2.38. The van der Waals surface area contributed by atoms with E-state index in [0.29, 0.717) is 22.6 Å². The molecular weight excluding hydrogens is 324 g/mol. The summed E-state index contributed by atoms with van der Waals surface area (Å²) in [6.07, 6.45) is 2.09. The average molecular weight is 345 g/mol. The standard InChI is InChI=1S/C18H21ClN4O/c1-12-7-9-23(10-8-12)17(24)16-11-13(2)20-18(22-16)21-15-5-3-14(19)4-6-15/h3-6,11-12H,7-10H2,1-2H3,(H,20,21,22). The first-order valence-corrected chi connectivity index (χ1v) is 8.56. The van der Waals surface area contributed by atoms with Gasteiger partial charge in [-0.15, -0.1) is 0 Å². The first kappa shape index (κ1) is 16.7. The molecule has 1 amide bonds. The number of hydrogen-bond acceptors (Lipinski definition) is 4. The predicted molar refractivity (Wildman–Crippen MR) is 95.8 cm³/mol. The van der Waals surface area contributed by atoms with E-state index < -0.39 is 0 Å². The Morgan fingerprint density at radius 2 is 1.88 bits per heavy atom. The fraction of sp³-hybridized carbons (Fsp3) is 0.389. The summed E-state index contributed by atoms with van der Waals surface area (Å²) in [6.45, 7) is 5.68. The molecule has 0 saturated carbocycles. The van der Waals surface area contributed by atoms with Gasteiger partial charge in [0.15, 0.2) is 0 Å². The van der Waals surface area contributed by atoms with Crippen molar-refractivity contribution in [1.82, 2.24) is 14.9 Å². The van der Waals surface area contributed by atoms with Crippen LogP contribution in [0.3, 0.4) is 0 Å². The van der Waals surface area contributed by atoms with Crippen molar-refractivity contribution in [1.29, 1.82) is 0 Å². The molecule has 0 atom stereocenters. The van der Waals surface area contributed by atoms with Crippen molar-refractivity contribution in [2.45, 2.75) is 26.7 Å². The highest BCUT2D eigenvalue weighted by Gasteiger charge is 2.23. The largest absolute Gasteiger partial charge is 0.337 e. The number of aromatic nitrogens is 2. The zero-order valence-corrected chi connectivity index (χ0v) is 14.7. The number of benzene rings is 1. The molecule has 126 valence electrons. The predicted octanol–water partition coefficient (Wildman–Crippen LogP) is 4.05. The number of amides is 1. The van der Waals surface area contributed by atoms with Crippen LogP contribution in [0.4, 0.5) is 11.6 Å².